The topological polar surface area (TPSA) is 64.3 Å². The number of hydrogen-bond acceptors (Lipinski definition) is 3. The van der Waals surface area contributed by atoms with Gasteiger partial charge in [0.2, 0.25) is 0 Å². The van der Waals surface area contributed by atoms with Crippen LogP contribution in [0.2, 0.25) is 0 Å². The van der Waals surface area contributed by atoms with E-state index in [0.29, 0.717) is 18.7 Å². The molecule has 1 unspecified atom stereocenters. The summed E-state index contributed by atoms with van der Waals surface area (Å²) in [5, 5.41) is 2.86. The molecule has 0 fully saturated rings. The van der Waals surface area contributed by atoms with Gasteiger partial charge in [-0.2, -0.15) is 0 Å². The molecule has 5 heteroatoms. The third-order valence-electron chi connectivity index (χ3n) is 3.59. The third kappa shape index (κ3) is 6.22. The molecule has 24 heavy (non-hydrogen) atoms. The number of amides is 1. The van der Waals surface area contributed by atoms with Crippen LogP contribution in [-0.2, 0) is 0 Å². The van der Waals surface area contributed by atoms with Crippen molar-refractivity contribution in [2.75, 3.05) is 13.2 Å². The molecule has 4 nitrogen and oxygen atoms in total. The summed E-state index contributed by atoms with van der Waals surface area (Å²) < 4.78 is 5.59. The van der Waals surface area contributed by atoms with Gasteiger partial charge < -0.3 is 15.8 Å². The van der Waals surface area contributed by atoms with Crippen molar-refractivity contribution in [2.24, 2.45) is 5.73 Å². The van der Waals surface area contributed by atoms with E-state index in [4.69, 9.17) is 10.5 Å². The second-order valence-corrected chi connectivity index (χ2v) is 5.45. The minimum atomic E-state index is -0.211. The zero-order valence-corrected chi connectivity index (χ0v) is 14.7. The lowest BCUT2D eigenvalue weighted by molar-refractivity contribution is 0.0951. The molecule has 0 heterocycles. The zero-order valence-electron chi connectivity index (χ0n) is 13.9. The predicted molar refractivity (Wildman–Crippen MR) is 99.8 cm³/mol. The number of carbonyl (C=O) groups excluding carboxylic acids is 1. The second kappa shape index (κ2) is 10.7. The summed E-state index contributed by atoms with van der Waals surface area (Å²) in [6.07, 6.45) is 2.13. The molecule has 0 aliphatic heterocycles. The van der Waals surface area contributed by atoms with Gasteiger partial charge in [0.05, 0.1) is 6.61 Å². The molecule has 0 aromatic heterocycles. The van der Waals surface area contributed by atoms with E-state index >= 15 is 0 Å². The van der Waals surface area contributed by atoms with Crippen molar-refractivity contribution in [1.82, 2.24) is 5.32 Å². The maximum absolute atomic E-state index is 12.1. The Bertz CT molecular complexity index is 603. The van der Waals surface area contributed by atoms with E-state index in [-0.39, 0.29) is 24.4 Å². The molecule has 3 N–H and O–H groups in total. The molecule has 1 atom stereocenters. The number of nitrogens with one attached hydrogen (secondary N) is 1. The lowest BCUT2D eigenvalue weighted by Crippen LogP contribution is -2.31. The molecular formula is C19H25ClN2O2. The Morgan fingerprint density at radius 3 is 2.42 bits per heavy atom. The Hall–Kier alpha value is -2.04. The van der Waals surface area contributed by atoms with Crippen molar-refractivity contribution in [3.8, 4) is 5.75 Å². The number of unbranched alkanes of at least 4 members (excludes halogenated alkanes) is 1. The van der Waals surface area contributed by atoms with Crippen LogP contribution in [0.25, 0.3) is 0 Å². The molecular weight excluding hydrogens is 324 g/mol. The first-order valence-electron chi connectivity index (χ1n) is 8.02. The highest BCUT2D eigenvalue weighted by Gasteiger charge is 2.09. The standard InChI is InChI=1S/C19H24N2O2.ClH/c1-2-3-13-23-17-11-9-16(10-12-17)19(22)21-14-18(20)15-7-5-4-6-8-15;/h4-12,18H,2-3,13-14,20H2,1H3,(H,21,22);1H. The Balaban J connectivity index is 0.00000288. The Labute approximate surface area is 149 Å². The highest BCUT2D eigenvalue weighted by Crippen LogP contribution is 2.13. The summed E-state index contributed by atoms with van der Waals surface area (Å²) in [6.45, 7) is 3.22. The van der Waals surface area contributed by atoms with Crippen LogP contribution < -0.4 is 15.8 Å². The second-order valence-electron chi connectivity index (χ2n) is 5.45. The molecule has 0 aliphatic carbocycles. The van der Waals surface area contributed by atoms with Crippen molar-refractivity contribution < 1.29 is 9.53 Å². The van der Waals surface area contributed by atoms with Crippen molar-refractivity contribution in [2.45, 2.75) is 25.8 Å². The number of hydrogen-bond donors (Lipinski definition) is 2. The number of rotatable bonds is 8. The van der Waals surface area contributed by atoms with Gasteiger partial charge >= 0.3 is 0 Å². The molecule has 2 rings (SSSR count). The average Bonchev–Trinajstić information content (AvgIpc) is 2.61. The van der Waals surface area contributed by atoms with Gasteiger partial charge in [-0.15, -0.1) is 12.4 Å². The Morgan fingerprint density at radius 1 is 1.12 bits per heavy atom. The number of halogens is 1. The van der Waals surface area contributed by atoms with Gasteiger partial charge in [-0.3, -0.25) is 4.79 Å². The van der Waals surface area contributed by atoms with Crippen LogP contribution >= 0.6 is 12.4 Å². The van der Waals surface area contributed by atoms with Crippen LogP contribution in [0.15, 0.2) is 54.6 Å². The van der Waals surface area contributed by atoms with E-state index in [1.54, 1.807) is 12.1 Å². The lowest BCUT2D eigenvalue weighted by Gasteiger charge is -2.13. The molecule has 130 valence electrons. The van der Waals surface area contributed by atoms with Crippen LogP contribution in [0.1, 0.15) is 41.7 Å². The largest absolute Gasteiger partial charge is 0.494 e. The minimum Gasteiger partial charge on any atom is -0.494 e. The van der Waals surface area contributed by atoms with Crippen molar-refractivity contribution in [3.63, 3.8) is 0 Å². The first-order chi connectivity index (χ1) is 11.2. The lowest BCUT2D eigenvalue weighted by atomic mass is 10.1. The maximum atomic E-state index is 12.1. The summed E-state index contributed by atoms with van der Waals surface area (Å²) >= 11 is 0. The number of ether oxygens (including phenoxy) is 1. The highest BCUT2D eigenvalue weighted by atomic mass is 35.5. The molecule has 0 radical (unpaired) electrons. The van der Waals surface area contributed by atoms with Crippen LogP contribution in [0.4, 0.5) is 0 Å². The number of carbonyl (C=O) groups is 1. The minimum absolute atomic E-state index is 0. The fraction of sp³-hybridized carbons (Fsp3) is 0.316. The van der Waals surface area contributed by atoms with E-state index in [2.05, 4.69) is 12.2 Å². The summed E-state index contributed by atoms with van der Waals surface area (Å²) in [4.78, 5) is 12.1. The molecule has 0 aliphatic rings. The average molecular weight is 349 g/mol. The molecule has 2 aromatic carbocycles. The van der Waals surface area contributed by atoms with Crippen LogP contribution in [-0.4, -0.2) is 19.1 Å². The van der Waals surface area contributed by atoms with E-state index in [0.717, 1.165) is 24.2 Å². The van der Waals surface area contributed by atoms with E-state index in [1.165, 1.54) is 0 Å². The van der Waals surface area contributed by atoms with Gasteiger partial charge in [-0.25, -0.2) is 0 Å². The maximum Gasteiger partial charge on any atom is 0.251 e. The van der Waals surface area contributed by atoms with Gasteiger partial charge in [0.15, 0.2) is 0 Å². The van der Waals surface area contributed by atoms with Gasteiger partial charge in [-0.05, 0) is 36.2 Å². The quantitative estimate of drug-likeness (QED) is 0.714. The van der Waals surface area contributed by atoms with Crippen LogP contribution in [0.3, 0.4) is 0 Å². The van der Waals surface area contributed by atoms with Crippen LogP contribution in [0, 0.1) is 0 Å². The Morgan fingerprint density at radius 2 is 1.79 bits per heavy atom. The van der Waals surface area contributed by atoms with E-state index < -0.39 is 0 Å². The number of benzene rings is 2. The molecule has 0 bridgehead atoms. The third-order valence-corrected chi connectivity index (χ3v) is 3.59. The van der Waals surface area contributed by atoms with Gasteiger partial charge in [0.1, 0.15) is 5.75 Å². The van der Waals surface area contributed by atoms with Gasteiger partial charge in [-0.1, -0.05) is 43.7 Å². The molecule has 1 amide bonds. The van der Waals surface area contributed by atoms with Gasteiger partial charge in [0.25, 0.3) is 5.91 Å². The van der Waals surface area contributed by atoms with Crippen molar-refractivity contribution in [1.29, 1.82) is 0 Å². The summed E-state index contributed by atoms with van der Waals surface area (Å²) in [5.41, 5.74) is 7.69. The smallest absolute Gasteiger partial charge is 0.251 e. The summed E-state index contributed by atoms with van der Waals surface area (Å²) in [6, 6.07) is 16.7. The monoisotopic (exact) mass is 348 g/mol. The van der Waals surface area contributed by atoms with Crippen LogP contribution in [0.5, 0.6) is 5.75 Å². The molecule has 0 saturated carbocycles. The summed E-state index contributed by atoms with van der Waals surface area (Å²) in [7, 11) is 0. The predicted octanol–water partition coefficient (Wildman–Crippen LogP) is 3.72. The van der Waals surface area contributed by atoms with E-state index in [1.807, 2.05) is 42.5 Å². The zero-order chi connectivity index (χ0) is 16.5. The molecule has 0 saturated heterocycles. The molecule has 0 spiro atoms. The molecule has 2 aromatic rings. The Kier molecular flexibility index (Phi) is 8.90. The van der Waals surface area contributed by atoms with Crippen molar-refractivity contribution in [3.05, 3.63) is 65.7 Å². The van der Waals surface area contributed by atoms with Gasteiger partial charge in [0, 0.05) is 18.2 Å². The fourth-order valence-electron chi connectivity index (χ4n) is 2.16. The summed E-state index contributed by atoms with van der Waals surface area (Å²) in [5.74, 6) is 0.660. The first-order valence-corrected chi connectivity index (χ1v) is 8.02. The SMILES string of the molecule is CCCCOc1ccc(C(=O)NCC(N)c2ccccc2)cc1.Cl. The fourth-order valence-corrected chi connectivity index (χ4v) is 2.16. The normalized spacial score (nSPS) is 11.2. The first kappa shape index (κ1) is 20.0. The number of nitrogens with two attached hydrogens (primary N) is 1. The van der Waals surface area contributed by atoms with E-state index in [9.17, 15) is 4.79 Å². The highest BCUT2D eigenvalue weighted by molar-refractivity contribution is 5.94. The van der Waals surface area contributed by atoms with Crippen molar-refractivity contribution >= 4 is 18.3 Å².